The number of carbonyl (C=O) groups is 3. The minimum atomic E-state index is -1.69. The third-order valence-electron chi connectivity index (χ3n) is 5.62. The molecule has 0 spiro atoms. The Labute approximate surface area is 204 Å². The van der Waals surface area contributed by atoms with Crippen LogP contribution in [-0.4, -0.2) is 65.2 Å². The number of carbonyl (C=O) groups excluding carboxylic acids is 2. The Hall–Kier alpha value is -3.21. The molecule has 1 aliphatic rings. The summed E-state index contributed by atoms with van der Waals surface area (Å²) in [6, 6.07) is 4.24. The van der Waals surface area contributed by atoms with E-state index in [2.05, 4.69) is 10.3 Å². The average Bonchev–Trinajstić information content (AvgIpc) is 2.75. The van der Waals surface area contributed by atoms with E-state index in [0.29, 0.717) is 23.6 Å². The summed E-state index contributed by atoms with van der Waals surface area (Å²) in [5.41, 5.74) is 0.977. The third-order valence-corrected chi connectivity index (χ3v) is 7.23. The number of halogens is 2. The molecular weight excluding hydrogens is 480 g/mol. The van der Waals surface area contributed by atoms with Crippen molar-refractivity contribution in [3.05, 3.63) is 47.2 Å². The summed E-state index contributed by atoms with van der Waals surface area (Å²) in [5.74, 6) is -3.21. The van der Waals surface area contributed by atoms with E-state index in [1.165, 1.54) is 12.0 Å². The number of rotatable bonds is 8. The molecule has 190 valence electrons. The van der Waals surface area contributed by atoms with Crippen LogP contribution in [0.4, 0.5) is 14.5 Å². The number of benzene rings is 1. The molecule has 0 saturated carbocycles. The molecule has 2 heterocycles. The van der Waals surface area contributed by atoms with Crippen LogP contribution in [0.25, 0.3) is 0 Å². The maximum absolute atomic E-state index is 14.7. The van der Waals surface area contributed by atoms with E-state index in [4.69, 9.17) is 9.84 Å². The van der Waals surface area contributed by atoms with Crippen LogP contribution >= 0.6 is 10.0 Å². The summed E-state index contributed by atoms with van der Waals surface area (Å²) >= 11 is 0. The Balaban J connectivity index is 1.93. The number of hydrogen-bond acceptors (Lipinski definition) is 5. The standard InChI is InChI=1S/C24H29F2N3O5S/c1-34-19-9-8-15-18(28-19)10-11-29(20(30)6-5-7-21(31)32)22(15)24(33)27-14-12-16(25)23(17(26)13-14)35(2,3)4/h8-9,12-13,22H,5-7,10-11H2,1-4H3,(H,27,33)(H,31,32)/t22-/m1/s1. The summed E-state index contributed by atoms with van der Waals surface area (Å²) in [6.45, 7) is 0.173. The molecule has 1 aromatic carbocycles. The van der Waals surface area contributed by atoms with Crippen molar-refractivity contribution in [2.24, 2.45) is 0 Å². The van der Waals surface area contributed by atoms with Crippen LogP contribution in [0.15, 0.2) is 29.2 Å². The van der Waals surface area contributed by atoms with Gasteiger partial charge < -0.3 is 20.1 Å². The number of pyridine rings is 1. The Morgan fingerprint density at radius 3 is 2.40 bits per heavy atom. The zero-order valence-electron chi connectivity index (χ0n) is 20.1. The van der Waals surface area contributed by atoms with Crippen molar-refractivity contribution in [2.75, 3.05) is 37.7 Å². The number of fused-ring (bicyclic) bond motifs is 1. The molecule has 2 aromatic rings. The van der Waals surface area contributed by atoms with Gasteiger partial charge in [-0.15, -0.1) is 0 Å². The van der Waals surface area contributed by atoms with Crippen LogP contribution in [0, 0.1) is 11.6 Å². The average molecular weight is 510 g/mol. The number of amides is 2. The molecule has 1 atom stereocenters. The number of nitrogens with one attached hydrogen (secondary N) is 1. The van der Waals surface area contributed by atoms with E-state index in [9.17, 15) is 23.2 Å². The second kappa shape index (κ2) is 10.6. The first-order chi connectivity index (χ1) is 16.4. The fourth-order valence-electron chi connectivity index (χ4n) is 4.09. The van der Waals surface area contributed by atoms with E-state index in [-0.39, 0.29) is 36.4 Å². The molecule has 2 N–H and O–H groups in total. The summed E-state index contributed by atoms with van der Waals surface area (Å²) in [6.07, 6.45) is 5.56. The summed E-state index contributed by atoms with van der Waals surface area (Å²) in [4.78, 5) is 42.9. The lowest BCUT2D eigenvalue weighted by atomic mass is 9.95. The molecule has 2 amide bonds. The molecule has 8 nitrogen and oxygen atoms in total. The fraction of sp³-hybridized carbons (Fsp3) is 0.417. The van der Waals surface area contributed by atoms with Gasteiger partial charge in [-0.3, -0.25) is 14.4 Å². The van der Waals surface area contributed by atoms with E-state index in [1.807, 2.05) is 0 Å². The van der Waals surface area contributed by atoms with Gasteiger partial charge in [0.15, 0.2) is 0 Å². The number of carboxylic acid groups (broad SMARTS) is 1. The molecule has 0 bridgehead atoms. The monoisotopic (exact) mass is 509 g/mol. The predicted octanol–water partition coefficient (Wildman–Crippen LogP) is 3.74. The van der Waals surface area contributed by atoms with Crippen LogP contribution < -0.4 is 10.1 Å². The van der Waals surface area contributed by atoms with Crippen LogP contribution in [0.2, 0.25) is 0 Å². The highest BCUT2D eigenvalue weighted by Gasteiger charge is 2.37. The number of anilines is 1. The first kappa shape index (κ1) is 26.4. The normalized spacial score (nSPS) is 15.8. The number of methoxy groups -OCH3 is 1. The minimum absolute atomic E-state index is 0.00922. The summed E-state index contributed by atoms with van der Waals surface area (Å²) in [5, 5.41) is 11.4. The Bertz CT molecular complexity index is 1130. The highest BCUT2D eigenvalue weighted by Crippen LogP contribution is 2.48. The second-order valence-corrected chi connectivity index (χ2v) is 13.1. The number of nitrogens with zero attached hydrogens (tertiary/aromatic N) is 2. The van der Waals surface area contributed by atoms with Crippen LogP contribution in [0.3, 0.4) is 0 Å². The maximum Gasteiger partial charge on any atom is 0.303 e. The van der Waals surface area contributed by atoms with E-state index >= 15 is 0 Å². The van der Waals surface area contributed by atoms with Crippen LogP contribution in [0.1, 0.15) is 36.6 Å². The highest BCUT2D eigenvalue weighted by molar-refractivity contribution is 8.32. The van der Waals surface area contributed by atoms with Gasteiger partial charge in [0, 0.05) is 43.1 Å². The van der Waals surface area contributed by atoms with Crippen molar-refractivity contribution in [3.63, 3.8) is 0 Å². The van der Waals surface area contributed by atoms with Crippen LogP contribution in [-0.2, 0) is 20.8 Å². The van der Waals surface area contributed by atoms with Gasteiger partial charge in [0.05, 0.1) is 17.7 Å². The van der Waals surface area contributed by atoms with Crippen molar-refractivity contribution in [3.8, 4) is 5.88 Å². The molecule has 1 aromatic heterocycles. The first-order valence-corrected chi connectivity index (χ1v) is 13.8. The lowest BCUT2D eigenvalue weighted by Crippen LogP contribution is -2.45. The molecule has 0 saturated heterocycles. The number of aliphatic carboxylic acids is 1. The van der Waals surface area contributed by atoms with Gasteiger partial charge in [0.25, 0.3) is 5.91 Å². The molecule has 3 rings (SSSR count). The van der Waals surface area contributed by atoms with Gasteiger partial charge in [0.2, 0.25) is 11.8 Å². The zero-order chi connectivity index (χ0) is 25.9. The van der Waals surface area contributed by atoms with E-state index in [0.717, 1.165) is 12.1 Å². The molecular formula is C24H29F2N3O5S. The first-order valence-electron chi connectivity index (χ1n) is 11.0. The zero-order valence-corrected chi connectivity index (χ0v) is 20.9. The maximum atomic E-state index is 14.7. The summed E-state index contributed by atoms with van der Waals surface area (Å²) in [7, 11) is -0.225. The Morgan fingerprint density at radius 1 is 1.17 bits per heavy atom. The van der Waals surface area contributed by atoms with Gasteiger partial charge >= 0.3 is 5.97 Å². The van der Waals surface area contributed by atoms with E-state index in [1.54, 1.807) is 30.9 Å². The largest absolute Gasteiger partial charge is 0.481 e. The highest BCUT2D eigenvalue weighted by atomic mass is 32.3. The lowest BCUT2D eigenvalue weighted by molar-refractivity contribution is -0.140. The van der Waals surface area contributed by atoms with Crippen molar-refractivity contribution in [2.45, 2.75) is 36.6 Å². The topological polar surface area (TPSA) is 109 Å². The van der Waals surface area contributed by atoms with Gasteiger partial charge in [-0.1, -0.05) is 0 Å². The molecule has 11 heteroatoms. The molecule has 0 unspecified atom stereocenters. The van der Waals surface area contributed by atoms with Crippen molar-refractivity contribution in [1.82, 2.24) is 9.88 Å². The molecule has 35 heavy (non-hydrogen) atoms. The second-order valence-electron chi connectivity index (χ2n) is 8.97. The van der Waals surface area contributed by atoms with Crippen molar-refractivity contribution >= 4 is 33.5 Å². The number of carboxylic acids is 1. The number of aromatic nitrogens is 1. The quantitative estimate of drug-likeness (QED) is 0.561. The van der Waals surface area contributed by atoms with Gasteiger partial charge in [0.1, 0.15) is 17.7 Å². The Morgan fingerprint density at radius 2 is 1.83 bits per heavy atom. The smallest absolute Gasteiger partial charge is 0.303 e. The van der Waals surface area contributed by atoms with Gasteiger partial charge in [-0.05, 0) is 43.4 Å². The molecule has 0 aliphatic carbocycles. The van der Waals surface area contributed by atoms with Gasteiger partial charge in [-0.25, -0.2) is 23.8 Å². The molecule has 0 radical (unpaired) electrons. The van der Waals surface area contributed by atoms with E-state index < -0.39 is 45.5 Å². The number of ether oxygens (including phenoxy) is 1. The van der Waals surface area contributed by atoms with Crippen molar-refractivity contribution < 1.29 is 33.0 Å². The lowest BCUT2D eigenvalue weighted by Gasteiger charge is -2.36. The van der Waals surface area contributed by atoms with Crippen LogP contribution in [0.5, 0.6) is 5.88 Å². The minimum Gasteiger partial charge on any atom is -0.481 e. The number of hydrogen-bond donors (Lipinski definition) is 2. The predicted molar refractivity (Wildman–Crippen MR) is 129 cm³/mol. The fourth-order valence-corrected chi connectivity index (χ4v) is 5.38. The van der Waals surface area contributed by atoms with Crippen molar-refractivity contribution in [1.29, 1.82) is 0 Å². The summed E-state index contributed by atoms with van der Waals surface area (Å²) < 4.78 is 34.6. The third kappa shape index (κ3) is 6.08. The molecule has 0 fully saturated rings. The Kier molecular flexibility index (Phi) is 7.99. The SMILES string of the molecule is COc1ccc2c(n1)CCN(C(=O)CCCC(=O)O)[C@H]2C(=O)Nc1cc(F)c(S(C)(C)C)c(F)c1. The molecule has 1 aliphatic heterocycles. The van der Waals surface area contributed by atoms with Gasteiger partial charge in [-0.2, -0.15) is 0 Å².